The van der Waals surface area contributed by atoms with Gasteiger partial charge in [-0.1, -0.05) is 12.1 Å². The van der Waals surface area contributed by atoms with Gasteiger partial charge in [-0.2, -0.15) is 0 Å². The predicted molar refractivity (Wildman–Crippen MR) is 63.6 cm³/mol. The second kappa shape index (κ2) is 4.18. The van der Waals surface area contributed by atoms with Crippen LogP contribution in [0, 0.1) is 19.7 Å². The van der Waals surface area contributed by atoms with Crippen molar-refractivity contribution in [1.29, 1.82) is 0 Å². The van der Waals surface area contributed by atoms with Crippen LogP contribution in [0.4, 0.5) is 4.39 Å². The van der Waals surface area contributed by atoms with E-state index in [0.29, 0.717) is 10.4 Å². The molecule has 3 heteroatoms. The quantitative estimate of drug-likeness (QED) is 0.723. The third kappa shape index (κ3) is 2.04. The number of thiophene rings is 1. The maximum Gasteiger partial charge on any atom is 0.203 e. The Bertz CT molecular complexity index is 523. The van der Waals surface area contributed by atoms with Gasteiger partial charge in [-0.15, -0.1) is 11.3 Å². The molecule has 0 unspecified atom stereocenters. The molecule has 0 radical (unpaired) electrons. The molecule has 0 saturated heterocycles. The Hall–Kier alpha value is -1.48. The van der Waals surface area contributed by atoms with Crippen LogP contribution < -0.4 is 0 Å². The van der Waals surface area contributed by atoms with Gasteiger partial charge in [0, 0.05) is 10.4 Å². The fraction of sp³-hybridized carbons (Fsp3) is 0.154. The molecule has 1 nitrogen and oxygen atoms in total. The van der Waals surface area contributed by atoms with Crippen molar-refractivity contribution in [3.63, 3.8) is 0 Å². The highest BCUT2D eigenvalue weighted by Gasteiger charge is 2.13. The van der Waals surface area contributed by atoms with Crippen LogP contribution in [0.3, 0.4) is 0 Å². The van der Waals surface area contributed by atoms with Crippen LogP contribution in [0.25, 0.3) is 0 Å². The van der Waals surface area contributed by atoms with E-state index in [4.69, 9.17) is 0 Å². The van der Waals surface area contributed by atoms with Crippen molar-refractivity contribution in [1.82, 2.24) is 0 Å². The number of rotatable bonds is 2. The van der Waals surface area contributed by atoms with Gasteiger partial charge in [-0.05, 0) is 37.6 Å². The molecule has 0 N–H and O–H groups in total. The molecule has 0 aliphatic carbocycles. The van der Waals surface area contributed by atoms with Crippen LogP contribution in [0.2, 0.25) is 0 Å². The zero-order chi connectivity index (χ0) is 11.7. The van der Waals surface area contributed by atoms with E-state index in [1.54, 1.807) is 12.1 Å². The minimum Gasteiger partial charge on any atom is -0.288 e. The molecule has 0 aliphatic rings. The lowest BCUT2D eigenvalue weighted by Crippen LogP contribution is -1.98. The van der Waals surface area contributed by atoms with Crippen molar-refractivity contribution in [2.24, 2.45) is 0 Å². The van der Waals surface area contributed by atoms with E-state index in [2.05, 4.69) is 0 Å². The van der Waals surface area contributed by atoms with E-state index in [1.165, 1.54) is 23.5 Å². The highest BCUT2D eigenvalue weighted by Crippen LogP contribution is 2.23. The van der Waals surface area contributed by atoms with Crippen molar-refractivity contribution >= 4 is 17.1 Å². The van der Waals surface area contributed by atoms with Crippen LogP contribution in [0.15, 0.2) is 30.3 Å². The summed E-state index contributed by atoms with van der Waals surface area (Å²) in [5.74, 6) is -0.489. The maximum atomic E-state index is 13.0. The highest BCUT2D eigenvalue weighted by atomic mass is 32.1. The highest BCUT2D eigenvalue weighted by molar-refractivity contribution is 7.14. The summed E-state index contributed by atoms with van der Waals surface area (Å²) in [6, 6.07) is 7.65. The summed E-state index contributed by atoms with van der Waals surface area (Å²) in [6.45, 7) is 3.94. The molecule has 2 rings (SSSR count). The van der Waals surface area contributed by atoms with Crippen molar-refractivity contribution < 1.29 is 9.18 Å². The Balaban J connectivity index is 2.39. The van der Waals surface area contributed by atoms with Crippen LogP contribution in [-0.4, -0.2) is 5.78 Å². The lowest BCUT2D eigenvalue weighted by atomic mass is 10.1. The summed E-state index contributed by atoms with van der Waals surface area (Å²) in [6.07, 6.45) is 0. The molecule has 0 aliphatic heterocycles. The third-order valence-electron chi connectivity index (χ3n) is 2.48. The van der Waals surface area contributed by atoms with Crippen molar-refractivity contribution in [2.45, 2.75) is 13.8 Å². The van der Waals surface area contributed by atoms with Crippen LogP contribution in [0.5, 0.6) is 0 Å². The molecule has 2 aromatic rings. The number of benzene rings is 1. The molecule has 0 amide bonds. The van der Waals surface area contributed by atoms with Crippen molar-refractivity contribution in [2.75, 3.05) is 0 Å². The zero-order valence-corrected chi connectivity index (χ0v) is 9.90. The number of hydrogen-bond donors (Lipinski definition) is 0. The Labute approximate surface area is 97.6 Å². The van der Waals surface area contributed by atoms with Gasteiger partial charge in [0.05, 0.1) is 4.88 Å². The largest absolute Gasteiger partial charge is 0.288 e. The monoisotopic (exact) mass is 234 g/mol. The first-order valence-corrected chi connectivity index (χ1v) is 5.77. The van der Waals surface area contributed by atoms with Gasteiger partial charge >= 0.3 is 0 Å². The summed E-state index contributed by atoms with van der Waals surface area (Å²) in [5, 5.41) is 0. The van der Waals surface area contributed by atoms with Crippen LogP contribution in [0.1, 0.15) is 25.7 Å². The summed E-state index contributed by atoms with van der Waals surface area (Å²) >= 11 is 1.45. The predicted octanol–water partition coefficient (Wildman–Crippen LogP) is 3.74. The molecular weight excluding hydrogens is 223 g/mol. The molecule has 0 fully saturated rings. The average Bonchev–Trinajstić information content (AvgIpc) is 2.58. The summed E-state index contributed by atoms with van der Waals surface area (Å²) in [7, 11) is 0. The van der Waals surface area contributed by atoms with Gasteiger partial charge in [-0.3, -0.25) is 4.79 Å². The van der Waals surface area contributed by atoms with E-state index in [0.717, 1.165) is 10.4 Å². The number of carbonyl (C=O) groups excluding carboxylic acids is 1. The lowest BCUT2D eigenvalue weighted by molar-refractivity contribution is 0.104. The molecule has 0 saturated carbocycles. The number of carbonyl (C=O) groups is 1. The third-order valence-corrected chi connectivity index (χ3v) is 3.63. The van der Waals surface area contributed by atoms with E-state index in [9.17, 15) is 9.18 Å². The van der Waals surface area contributed by atoms with Crippen LogP contribution in [-0.2, 0) is 0 Å². The normalized spacial score (nSPS) is 10.4. The lowest BCUT2D eigenvalue weighted by Gasteiger charge is -1.97. The Morgan fingerprint density at radius 3 is 2.56 bits per heavy atom. The second-order valence-electron chi connectivity index (χ2n) is 3.69. The Morgan fingerprint density at radius 2 is 2.00 bits per heavy atom. The van der Waals surface area contributed by atoms with Gasteiger partial charge < -0.3 is 0 Å². The summed E-state index contributed by atoms with van der Waals surface area (Å²) in [4.78, 5) is 13.8. The Morgan fingerprint density at radius 1 is 1.25 bits per heavy atom. The number of halogens is 1. The second-order valence-corrected chi connectivity index (χ2v) is 4.95. The van der Waals surface area contributed by atoms with E-state index in [1.807, 2.05) is 19.9 Å². The first-order valence-electron chi connectivity index (χ1n) is 4.95. The minimum atomic E-state index is -0.379. The van der Waals surface area contributed by atoms with E-state index >= 15 is 0 Å². The fourth-order valence-electron chi connectivity index (χ4n) is 1.46. The topological polar surface area (TPSA) is 17.1 Å². The molecule has 0 spiro atoms. The van der Waals surface area contributed by atoms with Gasteiger partial charge in [0.1, 0.15) is 5.82 Å². The van der Waals surface area contributed by atoms with E-state index < -0.39 is 0 Å². The standard InChI is InChI=1S/C13H11FOS/c1-8-6-12(16-9(8)2)13(15)10-4-3-5-11(14)7-10/h3-7H,1-2H3. The van der Waals surface area contributed by atoms with E-state index in [-0.39, 0.29) is 11.6 Å². The fourth-order valence-corrected chi connectivity index (χ4v) is 2.45. The van der Waals surface area contributed by atoms with Crippen molar-refractivity contribution in [3.05, 3.63) is 57.0 Å². The number of ketones is 1. The van der Waals surface area contributed by atoms with Gasteiger partial charge in [0.25, 0.3) is 0 Å². The molecule has 1 aromatic heterocycles. The SMILES string of the molecule is Cc1cc(C(=O)c2cccc(F)c2)sc1C. The zero-order valence-electron chi connectivity index (χ0n) is 9.08. The molecule has 1 heterocycles. The summed E-state index contributed by atoms with van der Waals surface area (Å²) < 4.78 is 13.0. The van der Waals surface area contributed by atoms with Crippen LogP contribution >= 0.6 is 11.3 Å². The number of aryl methyl sites for hydroxylation is 2. The smallest absolute Gasteiger partial charge is 0.203 e. The van der Waals surface area contributed by atoms with Crippen molar-refractivity contribution in [3.8, 4) is 0 Å². The minimum absolute atomic E-state index is 0.110. The first-order chi connectivity index (χ1) is 7.58. The van der Waals surface area contributed by atoms with Gasteiger partial charge in [0.15, 0.2) is 0 Å². The first kappa shape index (κ1) is 11.0. The molecule has 0 atom stereocenters. The summed E-state index contributed by atoms with van der Waals surface area (Å²) in [5.41, 5.74) is 1.51. The Kier molecular flexibility index (Phi) is 2.88. The molecule has 16 heavy (non-hydrogen) atoms. The van der Waals surface area contributed by atoms with Gasteiger partial charge in [-0.25, -0.2) is 4.39 Å². The molecule has 0 bridgehead atoms. The number of hydrogen-bond acceptors (Lipinski definition) is 2. The maximum absolute atomic E-state index is 13.0. The average molecular weight is 234 g/mol. The molecular formula is C13H11FOS. The van der Waals surface area contributed by atoms with Gasteiger partial charge in [0.2, 0.25) is 5.78 Å². The molecule has 1 aromatic carbocycles. The molecule has 82 valence electrons.